The first-order valence-corrected chi connectivity index (χ1v) is 4.46. The van der Waals surface area contributed by atoms with Crippen molar-refractivity contribution >= 4 is 11.8 Å². The Morgan fingerprint density at radius 2 is 2.17 bits per heavy atom. The van der Waals surface area contributed by atoms with Crippen LogP contribution in [0.2, 0.25) is 0 Å². The summed E-state index contributed by atoms with van der Waals surface area (Å²) in [5.41, 5.74) is 0. The van der Waals surface area contributed by atoms with Crippen LogP contribution in [0.4, 0.5) is 0 Å². The van der Waals surface area contributed by atoms with Crippen LogP contribution in [0.1, 0.15) is 6.92 Å². The van der Waals surface area contributed by atoms with E-state index in [0.717, 1.165) is 4.90 Å². The van der Waals surface area contributed by atoms with Crippen molar-refractivity contribution in [3.8, 4) is 11.8 Å². The highest BCUT2D eigenvalue weighted by Crippen LogP contribution is 2.30. The van der Waals surface area contributed by atoms with E-state index in [0.29, 0.717) is 0 Å². The summed E-state index contributed by atoms with van der Waals surface area (Å²) < 4.78 is 0. The third-order valence-corrected chi connectivity index (χ3v) is 2.41. The number of hydrogen-bond acceptors (Lipinski definition) is 3. The lowest BCUT2D eigenvalue weighted by Gasteiger charge is -2.03. The van der Waals surface area contributed by atoms with Crippen molar-refractivity contribution in [1.29, 1.82) is 5.26 Å². The van der Waals surface area contributed by atoms with Crippen LogP contribution in [0.15, 0.2) is 29.2 Å². The van der Waals surface area contributed by atoms with Crippen LogP contribution in [-0.4, -0.2) is 10.4 Å². The van der Waals surface area contributed by atoms with Crippen molar-refractivity contribution in [1.82, 2.24) is 0 Å². The number of rotatable bonds is 2. The Labute approximate surface area is 75.8 Å². The molecule has 1 rings (SSSR count). The van der Waals surface area contributed by atoms with E-state index in [4.69, 9.17) is 5.26 Å². The van der Waals surface area contributed by atoms with Crippen LogP contribution in [0.3, 0.4) is 0 Å². The number of hydrogen-bond donors (Lipinski definition) is 1. The standard InChI is InChI=1S/C9H9NOS/c1-7(6-10)12-9-5-3-2-4-8(9)11/h2-5,7,11H,1H3. The first kappa shape index (κ1) is 8.95. The Morgan fingerprint density at radius 3 is 2.75 bits per heavy atom. The summed E-state index contributed by atoms with van der Waals surface area (Å²) in [6.07, 6.45) is 0. The third kappa shape index (κ3) is 2.18. The zero-order valence-corrected chi connectivity index (χ0v) is 7.51. The van der Waals surface area contributed by atoms with Crippen LogP contribution < -0.4 is 0 Å². The number of thioether (sulfide) groups is 1. The van der Waals surface area contributed by atoms with E-state index in [1.807, 2.05) is 6.07 Å². The highest BCUT2D eigenvalue weighted by atomic mass is 32.2. The van der Waals surface area contributed by atoms with E-state index in [1.165, 1.54) is 11.8 Å². The molecule has 1 atom stereocenters. The minimum atomic E-state index is -0.127. The van der Waals surface area contributed by atoms with E-state index >= 15 is 0 Å². The smallest absolute Gasteiger partial charge is 0.129 e. The first-order valence-electron chi connectivity index (χ1n) is 3.58. The van der Waals surface area contributed by atoms with Gasteiger partial charge in [-0.25, -0.2) is 0 Å². The van der Waals surface area contributed by atoms with Gasteiger partial charge in [-0.05, 0) is 19.1 Å². The molecule has 2 nitrogen and oxygen atoms in total. The van der Waals surface area contributed by atoms with Crippen molar-refractivity contribution in [3.05, 3.63) is 24.3 Å². The molecule has 0 saturated carbocycles. The van der Waals surface area contributed by atoms with Crippen molar-refractivity contribution in [3.63, 3.8) is 0 Å². The maximum absolute atomic E-state index is 9.32. The summed E-state index contributed by atoms with van der Waals surface area (Å²) in [6, 6.07) is 9.11. The number of para-hydroxylation sites is 1. The molecule has 0 saturated heterocycles. The van der Waals surface area contributed by atoms with Crippen molar-refractivity contribution in [2.75, 3.05) is 0 Å². The normalized spacial score (nSPS) is 12.0. The molecule has 1 unspecified atom stereocenters. The lowest BCUT2D eigenvalue weighted by Crippen LogP contribution is -1.88. The number of benzene rings is 1. The van der Waals surface area contributed by atoms with E-state index in [2.05, 4.69) is 6.07 Å². The van der Waals surface area contributed by atoms with Gasteiger partial charge in [0.1, 0.15) is 5.75 Å². The van der Waals surface area contributed by atoms with Gasteiger partial charge in [-0.3, -0.25) is 0 Å². The number of phenols is 1. The average molecular weight is 179 g/mol. The van der Waals surface area contributed by atoms with Gasteiger partial charge in [0.15, 0.2) is 0 Å². The van der Waals surface area contributed by atoms with Gasteiger partial charge >= 0.3 is 0 Å². The first-order chi connectivity index (χ1) is 5.74. The highest BCUT2D eigenvalue weighted by Gasteiger charge is 2.05. The molecule has 0 aliphatic carbocycles. The zero-order valence-electron chi connectivity index (χ0n) is 6.69. The van der Waals surface area contributed by atoms with E-state index in [1.54, 1.807) is 25.1 Å². The molecule has 0 spiro atoms. The Morgan fingerprint density at radius 1 is 1.50 bits per heavy atom. The average Bonchev–Trinajstić information content (AvgIpc) is 2.09. The van der Waals surface area contributed by atoms with Crippen LogP contribution in [0, 0.1) is 11.3 Å². The Hall–Kier alpha value is -1.14. The molecule has 1 N–H and O–H groups in total. The molecule has 0 bridgehead atoms. The second kappa shape index (κ2) is 4.03. The largest absolute Gasteiger partial charge is 0.507 e. The molecule has 0 aliphatic rings. The molecule has 0 radical (unpaired) electrons. The summed E-state index contributed by atoms with van der Waals surface area (Å²) in [7, 11) is 0. The monoisotopic (exact) mass is 179 g/mol. The van der Waals surface area contributed by atoms with Gasteiger partial charge in [0.2, 0.25) is 0 Å². The number of nitrogens with zero attached hydrogens (tertiary/aromatic N) is 1. The Bertz CT molecular complexity index is 306. The summed E-state index contributed by atoms with van der Waals surface area (Å²) in [5, 5.41) is 17.7. The fraction of sp³-hybridized carbons (Fsp3) is 0.222. The summed E-state index contributed by atoms with van der Waals surface area (Å²) in [4.78, 5) is 0.756. The quantitative estimate of drug-likeness (QED) is 0.709. The number of aromatic hydroxyl groups is 1. The molecule has 0 aliphatic heterocycles. The predicted molar refractivity (Wildman–Crippen MR) is 49.0 cm³/mol. The lowest BCUT2D eigenvalue weighted by atomic mass is 10.3. The van der Waals surface area contributed by atoms with Gasteiger partial charge in [0.05, 0.1) is 16.2 Å². The number of phenolic OH excluding ortho intramolecular Hbond substituents is 1. The van der Waals surface area contributed by atoms with Crippen LogP contribution >= 0.6 is 11.8 Å². The van der Waals surface area contributed by atoms with Gasteiger partial charge in [0.25, 0.3) is 0 Å². The van der Waals surface area contributed by atoms with Gasteiger partial charge < -0.3 is 5.11 Å². The zero-order chi connectivity index (χ0) is 8.97. The maximum atomic E-state index is 9.32. The topological polar surface area (TPSA) is 44.0 Å². The van der Waals surface area contributed by atoms with Gasteiger partial charge in [-0.2, -0.15) is 5.26 Å². The highest BCUT2D eigenvalue weighted by molar-refractivity contribution is 8.00. The van der Waals surface area contributed by atoms with Crippen molar-refractivity contribution in [2.24, 2.45) is 0 Å². The third-order valence-electron chi connectivity index (χ3n) is 1.35. The molecule has 62 valence electrons. The minimum Gasteiger partial charge on any atom is -0.507 e. The molecule has 3 heteroatoms. The van der Waals surface area contributed by atoms with Gasteiger partial charge in [-0.1, -0.05) is 12.1 Å². The molecular formula is C9H9NOS. The maximum Gasteiger partial charge on any atom is 0.129 e. The summed E-state index contributed by atoms with van der Waals surface area (Å²) >= 11 is 1.36. The second-order valence-electron chi connectivity index (χ2n) is 2.36. The van der Waals surface area contributed by atoms with Crippen LogP contribution in [0.5, 0.6) is 5.75 Å². The van der Waals surface area contributed by atoms with Crippen LogP contribution in [-0.2, 0) is 0 Å². The minimum absolute atomic E-state index is 0.127. The fourth-order valence-electron chi connectivity index (χ4n) is 0.774. The Kier molecular flexibility index (Phi) is 3.01. The van der Waals surface area contributed by atoms with Gasteiger partial charge in [-0.15, -0.1) is 11.8 Å². The molecule has 1 aromatic rings. The lowest BCUT2D eigenvalue weighted by molar-refractivity contribution is 0.462. The molecule has 0 heterocycles. The molecule has 1 aromatic carbocycles. The van der Waals surface area contributed by atoms with Crippen LogP contribution in [0.25, 0.3) is 0 Å². The number of nitriles is 1. The van der Waals surface area contributed by atoms with Crippen molar-refractivity contribution < 1.29 is 5.11 Å². The molecule has 0 amide bonds. The van der Waals surface area contributed by atoms with Crippen molar-refractivity contribution in [2.45, 2.75) is 17.1 Å². The van der Waals surface area contributed by atoms with Gasteiger partial charge in [0, 0.05) is 0 Å². The SMILES string of the molecule is CC(C#N)Sc1ccccc1O. The molecule has 0 fully saturated rings. The van der Waals surface area contributed by atoms with E-state index in [9.17, 15) is 5.11 Å². The molecular weight excluding hydrogens is 170 g/mol. The van der Waals surface area contributed by atoms with E-state index in [-0.39, 0.29) is 11.0 Å². The summed E-state index contributed by atoms with van der Waals surface area (Å²) in [5.74, 6) is 0.240. The Balaban J connectivity index is 2.77. The predicted octanol–water partition coefficient (Wildman–Crippen LogP) is 2.40. The second-order valence-corrected chi connectivity index (χ2v) is 3.74. The van der Waals surface area contributed by atoms with E-state index < -0.39 is 0 Å². The molecule has 0 aromatic heterocycles. The molecule has 12 heavy (non-hydrogen) atoms. The summed E-state index contributed by atoms with van der Waals surface area (Å²) in [6.45, 7) is 1.80. The fourth-order valence-corrected chi connectivity index (χ4v) is 1.55.